The number of rotatable bonds is 5. The Morgan fingerprint density at radius 2 is 1.83 bits per heavy atom. The minimum atomic E-state index is -3.18. The molecule has 1 aliphatic heterocycles. The van der Waals surface area contributed by atoms with Crippen molar-refractivity contribution < 1.29 is 13.2 Å². The summed E-state index contributed by atoms with van der Waals surface area (Å²) >= 11 is 1.41. The zero-order valence-electron chi connectivity index (χ0n) is 17.4. The van der Waals surface area contributed by atoms with E-state index in [1.165, 1.54) is 21.2 Å². The van der Waals surface area contributed by atoms with E-state index < -0.39 is 10.0 Å². The van der Waals surface area contributed by atoms with Gasteiger partial charge in [0.15, 0.2) is 5.13 Å². The second-order valence-corrected chi connectivity index (χ2v) is 11.5. The number of carbonyl (C=O) groups is 1. The van der Waals surface area contributed by atoms with Crippen LogP contribution in [-0.2, 0) is 20.2 Å². The van der Waals surface area contributed by atoms with Gasteiger partial charge in [0.2, 0.25) is 15.9 Å². The lowest BCUT2D eigenvalue weighted by Gasteiger charge is -2.30. The summed E-state index contributed by atoms with van der Waals surface area (Å²) in [7, 11) is -3.18. The van der Waals surface area contributed by atoms with Gasteiger partial charge in [-0.25, -0.2) is 17.7 Å². The van der Waals surface area contributed by atoms with E-state index in [1.54, 1.807) is 6.92 Å². The summed E-state index contributed by atoms with van der Waals surface area (Å²) in [5, 5.41) is 5.43. The Labute approximate surface area is 177 Å². The Morgan fingerprint density at radius 3 is 2.38 bits per heavy atom. The number of carbonyl (C=O) groups excluding carboxylic acids is 1. The molecular weight excluding hydrogens is 406 g/mol. The molecule has 0 bridgehead atoms. The highest BCUT2D eigenvalue weighted by atomic mass is 32.2. The van der Waals surface area contributed by atoms with E-state index in [0.29, 0.717) is 31.1 Å². The monoisotopic (exact) mass is 435 g/mol. The second-order valence-electron chi connectivity index (χ2n) is 8.43. The normalized spacial score (nSPS) is 16.7. The van der Waals surface area contributed by atoms with Crippen LogP contribution in [0.5, 0.6) is 0 Å². The Morgan fingerprint density at radius 1 is 1.21 bits per heavy atom. The van der Waals surface area contributed by atoms with Gasteiger partial charge in [0.25, 0.3) is 0 Å². The van der Waals surface area contributed by atoms with Gasteiger partial charge in [0.05, 0.1) is 11.4 Å². The van der Waals surface area contributed by atoms with Crippen molar-refractivity contribution in [2.24, 2.45) is 5.92 Å². The minimum Gasteiger partial charge on any atom is -0.302 e. The number of sulfonamides is 1. The van der Waals surface area contributed by atoms with Gasteiger partial charge in [-0.15, -0.1) is 11.3 Å². The Balaban J connectivity index is 1.60. The molecule has 0 unspecified atom stereocenters. The molecule has 0 aliphatic carbocycles. The van der Waals surface area contributed by atoms with Gasteiger partial charge in [0.1, 0.15) is 0 Å². The van der Waals surface area contributed by atoms with Gasteiger partial charge in [-0.05, 0) is 30.7 Å². The van der Waals surface area contributed by atoms with E-state index >= 15 is 0 Å². The van der Waals surface area contributed by atoms with Gasteiger partial charge in [0, 0.05) is 30.0 Å². The molecule has 1 N–H and O–H groups in total. The fourth-order valence-corrected chi connectivity index (χ4v) is 5.25. The van der Waals surface area contributed by atoms with Crippen molar-refractivity contribution in [2.75, 3.05) is 24.2 Å². The number of nitrogens with zero attached hydrogens (tertiary/aromatic N) is 2. The van der Waals surface area contributed by atoms with Gasteiger partial charge in [-0.2, -0.15) is 0 Å². The number of thiazole rings is 1. The third kappa shape index (κ3) is 5.24. The van der Waals surface area contributed by atoms with Crippen molar-refractivity contribution in [3.05, 3.63) is 35.2 Å². The third-order valence-corrected chi connectivity index (χ3v) is 8.00. The van der Waals surface area contributed by atoms with Crippen LogP contribution in [0.3, 0.4) is 0 Å². The summed E-state index contributed by atoms with van der Waals surface area (Å²) in [6.07, 6.45) is 1.08. The molecule has 0 radical (unpaired) electrons. The van der Waals surface area contributed by atoms with Crippen molar-refractivity contribution in [3.63, 3.8) is 0 Å². The molecule has 1 aliphatic rings. The molecule has 6 nitrogen and oxygen atoms in total. The second kappa shape index (κ2) is 8.53. The SMILES string of the molecule is CCS(=O)(=O)N1CCC(C(=O)Nc2nc(-c3ccc(C(C)(C)C)cc3)cs2)CC1. The van der Waals surface area contributed by atoms with Crippen LogP contribution in [0.4, 0.5) is 5.13 Å². The highest BCUT2D eigenvalue weighted by Crippen LogP contribution is 2.29. The van der Waals surface area contributed by atoms with Gasteiger partial charge >= 0.3 is 0 Å². The molecule has 0 atom stereocenters. The zero-order valence-corrected chi connectivity index (χ0v) is 19.1. The van der Waals surface area contributed by atoms with Crippen molar-refractivity contribution >= 4 is 32.4 Å². The van der Waals surface area contributed by atoms with Crippen LogP contribution in [0.25, 0.3) is 11.3 Å². The molecular formula is C21H29N3O3S2. The average molecular weight is 436 g/mol. The molecule has 1 amide bonds. The van der Waals surface area contributed by atoms with Crippen LogP contribution in [0.15, 0.2) is 29.6 Å². The molecule has 1 aromatic heterocycles. The molecule has 0 spiro atoms. The fourth-order valence-electron chi connectivity index (χ4n) is 3.39. The van der Waals surface area contributed by atoms with Gasteiger partial charge < -0.3 is 5.32 Å². The fraction of sp³-hybridized carbons (Fsp3) is 0.524. The molecule has 3 rings (SSSR count). The lowest BCUT2D eigenvalue weighted by atomic mass is 9.86. The largest absolute Gasteiger partial charge is 0.302 e. The Kier molecular flexibility index (Phi) is 6.45. The van der Waals surface area contributed by atoms with Crippen molar-refractivity contribution in [2.45, 2.75) is 46.0 Å². The number of aromatic nitrogens is 1. The molecule has 2 heterocycles. The first-order valence-corrected chi connectivity index (χ1v) is 12.4. The van der Waals surface area contributed by atoms with E-state index in [-0.39, 0.29) is 23.0 Å². The summed E-state index contributed by atoms with van der Waals surface area (Å²) in [4.78, 5) is 17.1. The van der Waals surface area contributed by atoms with Crippen LogP contribution in [0.2, 0.25) is 0 Å². The topological polar surface area (TPSA) is 79.4 Å². The molecule has 158 valence electrons. The average Bonchev–Trinajstić information content (AvgIpc) is 3.16. The number of anilines is 1. The molecule has 29 heavy (non-hydrogen) atoms. The molecule has 1 saturated heterocycles. The molecule has 2 aromatic rings. The van der Waals surface area contributed by atoms with Gasteiger partial charge in [-0.1, -0.05) is 45.0 Å². The van der Waals surface area contributed by atoms with E-state index in [9.17, 15) is 13.2 Å². The van der Waals surface area contributed by atoms with Crippen molar-refractivity contribution in [1.29, 1.82) is 0 Å². The predicted molar refractivity (Wildman–Crippen MR) is 119 cm³/mol. The maximum atomic E-state index is 12.6. The van der Waals surface area contributed by atoms with Crippen molar-refractivity contribution in [3.8, 4) is 11.3 Å². The van der Waals surface area contributed by atoms with E-state index in [4.69, 9.17) is 0 Å². The maximum Gasteiger partial charge on any atom is 0.229 e. The highest BCUT2D eigenvalue weighted by Gasteiger charge is 2.30. The molecule has 0 saturated carbocycles. The van der Waals surface area contributed by atoms with E-state index in [1.807, 2.05) is 5.38 Å². The number of benzene rings is 1. The summed E-state index contributed by atoms with van der Waals surface area (Å²) < 4.78 is 25.4. The molecule has 1 aromatic carbocycles. The zero-order chi connectivity index (χ0) is 21.2. The van der Waals surface area contributed by atoms with Crippen LogP contribution >= 0.6 is 11.3 Å². The maximum absolute atomic E-state index is 12.6. The molecule has 1 fully saturated rings. The summed E-state index contributed by atoms with van der Waals surface area (Å²) in [5.41, 5.74) is 3.23. The number of piperidine rings is 1. The Hall–Kier alpha value is -1.77. The van der Waals surface area contributed by atoms with Crippen LogP contribution in [0, 0.1) is 5.92 Å². The van der Waals surface area contributed by atoms with Crippen molar-refractivity contribution in [1.82, 2.24) is 9.29 Å². The van der Waals surface area contributed by atoms with Crippen LogP contribution in [-0.4, -0.2) is 42.5 Å². The predicted octanol–water partition coefficient (Wildman–Crippen LogP) is 4.11. The smallest absolute Gasteiger partial charge is 0.229 e. The number of nitrogens with one attached hydrogen (secondary N) is 1. The lowest BCUT2D eigenvalue weighted by Crippen LogP contribution is -2.42. The first-order valence-electron chi connectivity index (χ1n) is 9.95. The van der Waals surface area contributed by atoms with Gasteiger partial charge in [-0.3, -0.25) is 4.79 Å². The number of hydrogen-bond donors (Lipinski definition) is 1. The van der Waals surface area contributed by atoms with Crippen LogP contribution < -0.4 is 5.32 Å². The first kappa shape index (κ1) is 21.9. The minimum absolute atomic E-state index is 0.0810. The number of amides is 1. The highest BCUT2D eigenvalue weighted by molar-refractivity contribution is 7.89. The quantitative estimate of drug-likeness (QED) is 0.767. The number of hydrogen-bond acceptors (Lipinski definition) is 5. The molecule has 8 heteroatoms. The summed E-state index contributed by atoms with van der Waals surface area (Å²) in [6, 6.07) is 8.35. The standard InChI is InChI=1S/C21H29N3O3S2/c1-5-29(26,27)24-12-10-16(11-13-24)19(25)23-20-22-18(14-28-20)15-6-8-17(9-7-15)21(2,3)4/h6-9,14,16H,5,10-13H2,1-4H3,(H,22,23,25). The Bertz CT molecular complexity index is 952. The first-order chi connectivity index (χ1) is 13.6. The third-order valence-electron chi connectivity index (χ3n) is 5.36. The summed E-state index contributed by atoms with van der Waals surface area (Å²) in [6.45, 7) is 8.99. The van der Waals surface area contributed by atoms with Crippen LogP contribution in [0.1, 0.15) is 46.1 Å². The summed E-state index contributed by atoms with van der Waals surface area (Å²) in [5.74, 6) is -0.165. The van der Waals surface area contributed by atoms with E-state index in [2.05, 4.69) is 55.3 Å². The van der Waals surface area contributed by atoms with E-state index in [0.717, 1.165) is 11.3 Å². The lowest BCUT2D eigenvalue weighted by molar-refractivity contribution is -0.120.